The lowest BCUT2D eigenvalue weighted by Gasteiger charge is -2.26. The molecule has 0 spiro atoms. The maximum Gasteiger partial charge on any atom is 0.293 e. The second-order valence-corrected chi connectivity index (χ2v) is 4.75. The van der Waals surface area contributed by atoms with Gasteiger partial charge in [0.05, 0.1) is 6.61 Å². The average molecular weight is 291 g/mol. The van der Waals surface area contributed by atoms with Crippen LogP contribution in [-0.2, 0) is 16.1 Å². The summed E-state index contributed by atoms with van der Waals surface area (Å²) in [4.78, 5) is 11.6. The van der Waals surface area contributed by atoms with Crippen LogP contribution >= 0.6 is 11.6 Å². The van der Waals surface area contributed by atoms with Crippen LogP contribution in [0.15, 0.2) is 60.7 Å². The number of para-hydroxylation sites is 1. The Morgan fingerprint density at radius 2 is 1.60 bits per heavy atom. The first-order valence-corrected chi connectivity index (χ1v) is 6.60. The van der Waals surface area contributed by atoms with Gasteiger partial charge in [0.15, 0.2) is 0 Å². The topological polar surface area (TPSA) is 35.5 Å². The van der Waals surface area contributed by atoms with Crippen LogP contribution in [0.25, 0.3) is 0 Å². The molecule has 0 radical (unpaired) electrons. The number of carbonyl (C=O) groups excluding carboxylic acids is 1. The van der Waals surface area contributed by atoms with E-state index in [2.05, 4.69) is 0 Å². The highest BCUT2D eigenvalue weighted by molar-refractivity contribution is 6.65. The van der Waals surface area contributed by atoms with Gasteiger partial charge in [-0.05, 0) is 29.3 Å². The van der Waals surface area contributed by atoms with Gasteiger partial charge in [0.1, 0.15) is 5.75 Å². The number of hydrogen-bond acceptors (Lipinski definition) is 3. The van der Waals surface area contributed by atoms with Gasteiger partial charge < -0.3 is 9.47 Å². The Labute approximate surface area is 123 Å². The fourth-order valence-electron chi connectivity index (χ4n) is 1.64. The highest BCUT2D eigenvalue weighted by Gasteiger charge is 2.35. The SMILES string of the molecule is CC(OCc1ccccc1)(Oc1ccccc1)C(=O)Cl. The second kappa shape index (κ2) is 6.55. The lowest BCUT2D eigenvalue weighted by molar-refractivity contribution is -0.182. The van der Waals surface area contributed by atoms with Gasteiger partial charge in [-0.2, -0.15) is 0 Å². The zero-order chi connectivity index (χ0) is 14.4. The normalized spacial score (nSPS) is 13.5. The number of carbonyl (C=O) groups is 1. The minimum atomic E-state index is -1.52. The molecule has 0 heterocycles. The fraction of sp³-hybridized carbons (Fsp3) is 0.188. The Hall–Kier alpha value is -1.84. The Morgan fingerprint density at radius 1 is 1.05 bits per heavy atom. The minimum Gasteiger partial charge on any atom is -0.454 e. The molecule has 1 atom stereocenters. The first kappa shape index (κ1) is 14.6. The minimum absolute atomic E-state index is 0.239. The molecular formula is C16H15ClO3. The van der Waals surface area contributed by atoms with Gasteiger partial charge in [-0.25, -0.2) is 0 Å². The zero-order valence-electron chi connectivity index (χ0n) is 11.1. The Bertz CT molecular complexity index is 556. The monoisotopic (exact) mass is 290 g/mol. The third-order valence-electron chi connectivity index (χ3n) is 2.77. The van der Waals surface area contributed by atoms with E-state index in [-0.39, 0.29) is 6.61 Å². The van der Waals surface area contributed by atoms with Crippen LogP contribution in [0.5, 0.6) is 5.75 Å². The molecule has 0 N–H and O–H groups in total. The van der Waals surface area contributed by atoms with Crippen LogP contribution in [0.2, 0.25) is 0 Å². The predicted octanol–water partition coefficient (Wildman–Crippen LogP) is 3.76. The summed E-state index contributed by atoms with van der Waals surface area (Å²) in [7, 11) is 0. The third-order valence-corrected chi connectivity index (χ3v) is 3.11. The van der Waals surface area contributed by atoms with E-state index in [1.54, 1.807) is 12.1 Å². The molecule has 4 heteroatoms. The van der Waals surface area contributed by atoms with Crippen LogP contribution in [0, 0.1) is 0 Å². The molecule has 0 aliphatic carbocycles. The van der Waals surface area contributed by atoms with Crippen molar-refractivity contribution in [2.24, 2.45) is 0 Å². The average Bonchev–Trinajstić information content (AvgIpc) is 2.47. The molecule has 1 unspecified atom stereocenters. The quantitative estimate of drug-likeness (QED) is 0.600. The molecule has 2 aromatic rings. The second-order valence-electron chi connectivity index (χ2n) is 4.41. The van der Waals surface area contributed by atoms with E-state index in [0.717, 1.165) is 5.56 Å². The molecule has 0 aromatic heterocycles. The van der Waals surface area contributed by atoms with E-state index in [9.17, 15) is 4.79 Å². The highest BCUT2D eigenvalue weighted by Crippen LogP contribution is 2.23. The number of benzene rings is 2. The van der Waals surface area contributed by atoms with Crippen molar-refractivity contribution >= 4 is 16.8 Å². The van der Waals surface area contributed by atoms with Gasteiger partial charge >= 0.3 is 0 Å². The molecule has 3 nitrogen and oxygen atoms in total. The Morgan fingerprint density at radius 3 is 2.15 bits per heavy atom. The zero-order valence-corrected chi connectivity index (χ0v) is 11.8. The van der Waals surface area contributed by atoms with Gasteiger partial charge in [0.2, 0.25) is 0 Å². The molecule has 104 valence electrons. The smallest absolute Gasteiger partial charge is 0.293 e. The molecule has 0 aliphatic heterocycles. The highest BCUT2D eigenvalue weighted by atomic mass is 35.5. The van der Waals surface area contributed by atoms with E-state index in [0.29, 0.717) is 5.75 Å². The first-order valence-electron chi connectivity index (χ1n) is 6.22. The van der Waals surface area contributed by atoms with Crippen molar-refractivity contribution in [1.82, 2.24) is 0 Å². The molecular weight excluding hydrogens is 276 g/mol. The maximum atomic E-state index is 11.6. The molecule has 0 saturated carbocycles. The van der Waals surface area contributed by atoms with E-state index in [1.807, 2.05) is 48.5 Å². The van der Waals surface area contributed by atoms with Gasteiger partial charge in [0.25, 0.3) is 11.0 Å². The van der Waals surface area contributed by atoms with E-state index < -0.39 is 11.0 Å². The summed E-state index contributed by atoms with van der Waals surface area (Å²) in [6.07, 6.45) is 0. The van der Waals surface area contributed by atoms with Crippen molar-refractivity contribution < 1.29 is 14.3 Å². The lowest BCUT2D eigenvalue weighted by Crippen LogP contribution is -2.41. The van der Waals surface area contributed by atoms with E-state index in [1.165, 1.54) is 6.92 Å². The van der Waals surface area contributed by atoms with Crippen molar-refractivity contribution in [3.8, 4) is 5.75 Å². The molecule has 0 aliphatic rings. The molecule has 2 rings (SSSR count). The molecule has 0 amide bonds. The summed E-state index contributed by atoms with van der Waals surface area (Å²) in [5.41, 5.74) is 0.938. The lowest BCUT2D eigenvalue weighted by atomic mass is 10.2. The number of halogens is 1. The summed E-state index contributed by atoms with van der Waals surface area (Å²) in [6, 6.07) is 18.5. The van der Waals surface area contributed by atoms with Gasteiger partial charge in [0, 0.05) is 6.92 Å². The number of rotatable bonds is 6. The largest absolute Gasteiger partial charge is 0.454 e. The van der Waals surface area contributed by atoms with Crippen molar-refractivity contribution in [1.29, 1.82) is 0 Å². The van der Waals surface area contributed by atoms with Crippen LogP contribution in [0.4, 0.5) is 0 Å². The summed E-state index contributed by atoms with van der Waals surface area (Å²) in [5, 5.41) is -0.697. The summed E-state index contributed by atoms with van der Waals surface area (Å²) < 4.78 is 11.2. The standard InChI is InChI=1S/C16H15ClO3/c1-16(15(17)18,20-14-10-6-3-7-11-14)19-12-13-8-4-2-5-9-13/h2-11H,12H2,1H3. The van der Waals surface area contributed by atoms with Crippen LogP contribution in [-0.4, -0.2) is 11.0 Å². The van der Waals surface area contributed by atoms with Crippen LogP contribution in [0.1, 0.15) is 12.5 Å². The van der Waals surface area contributed by atoms with Crippen molar-refractivity contribution in [2.45, 2.75) is 19.3 Å². The van der Waals surface area contributed by atoms with Crippen molar-refractivity contribution in [3.05, 3.63) is 66.2 Å². The molecule has 2 aromatic carbocycles. The Kier molecular flexibility index (Phi) is 4.77. The van der Waals surface area contributed by atoms with E-state index in [4.69, 9.17) is 21.1 Å². The van der Waals surface area contributed by atoms with Gasteiger partial charge in [-0.3, -0.25) is 4.79 Å². The van der Waals surface area contributed by atoms with E-state index >= 15 is 0 Å². The number of ether oxygens (including phenoxy) is 2. The molecule has 20 heavy (non-hydrogen) atoms. The molecule has 0 bridgehead atoms. The van der Waals surface area contributed by atoms with Crippen molar-refractivity contribution in [2.75, 3.05) is 0 Å². The maximum absolute atomic E-state index is 11.6. The van der Waals surface area contributed by atoms with Gasteiger partial charge in [-0.1, -0.05) is 48.5 Å². The third kappa shape index (κ3) is 3.83. The van der Waals surface area contributed by atoms with Crippen LogP contribution < -0.4 is 4.74 Å². The molecule has 0 fully saturated rings. The summed E-state index contributed by atoms with van der Waals surface area (Å²) in [5.74, 6) is -0.990. The number of hydrogen-bond donors (Lipinski definition) is 0. The fourth-order valence-corrected chi connectivity index (χ4v) is 1.73. The molecule has 0 saturated heterocycles. The first-order chi connectivity index (χ1) is 9.60. The Balaban J connectivity index is 2.08. The van der Waals surface area contributed by atoms with Gasteiger partial charge in [-0.15, -0.1) is 0 Å². The van der Waals surface area contributed by atoms with Crippen molar-refractivity contribution in [3.63, 3.8) is 0 Å². The summed E-state index contributed by atoms with van der Waals surface area (Å²) >= 11 is 5.61. The summed E-state index contributed by atoms with van der Waals surface area (Å²) in [6.45, 7) is 1.75. The van der Waals surface area contributed by atoms with Crippen LogP contribution in [0.3, 0.4) is 0 Å². The predicted molar refractivity (Wildman–Crippen MR) is 77.6 cm³/mol.